The lowest BCUT2D eigenvalue weighted by molar-refractivity contribution is -0.136. The first-order chi connectivity index (χ1) is 7.70. The van der Waals surface area contributed by atoms with Crippen molar-refractivity contribution in [3.63, 3.8) is 0 Å². The zero-order valence-corrected chi connectivity index (χ0v) is 9.81. The smallest absolute Gasteiger partial charge is 0.240 e. The van der Waals surface area contributed by atoms with Crippen molar-refractivity contribution in [2.75, 3.05) is 13.1 Å². The highest BCUT2D eigenvalue weighted by Crippen LogP contribution is 2.08. The summed E-state index contributed by atoms with van der Waals surface area (Å²) in [5.41, 5.74) is 0.951. The molecular weight excluding hydrogens is 204 g/mol. The van der Waals surface area contributed by atoms with Gasteiger partial charge in [-0.15, -0.1) is 0 Å². The van der Waals surface area contributed by atoms with Crippen molar-refractivity contribution in [3.8, 4) is 0 Å². The minimum atomic E-state index is -0.0162. The molecule has 5 nitrogen and oxygen atoms in total. The first-order valence-corrected chi connectivity index (χ1v) is 5.71. The molecule has 0 aliphatic carbocycles. The number of nitrogens with zero attached hydrogens (tertiary/aromatic N) is 3. The SMILES string of the molecule is CCC1NCCN(Cc2ccn(C)n2)C1=O. The zero-order chi connectivity index (χ0) is 11.5. The summed E-state index contributed by atoms with van der Waals surface area (Å²) in [6.45, 7) is 4.29. The van der Waals surface area contributed by atoms with E-state index in [2.05, 4.69) is 10.4 Å². The fraction of sp³-hybridized carbons (Fsp3) is 0.636. The van der Waals surface area contributed by atoms with Crippen LogP contribution in [0.2, 0.25) is 0 Å². The number of rotatable bonds is 3. The molecule has 1 aromatic heterocycles. The third-order valence-electron chi connectivity index (χ3n) is 2.91. The van der Waals surface area contributed by atoms with E-state index in [4.69, 9.17) is 0 Å². The maximum atomic E-state index is 12.0. The molecule has 1 atom stereocenters. The molecule has 1 unspecified atom stereocenters. The standard InChI is InChI=1S/C11H18N4O/c1-3-10-11(16)15(7-5-12-10)8-9-4-6-14(2)13-9/h4,6,10,12H,3,5,7-8H2,1-2H3. The van der Waals surface area contributed by atoms with Crippen molar-refractivity contribution in [1.82, 2.24) is 20.0 Å². The number of carbonyl (C=O) groups excluding carboxylic acids is 1. The van der Waals surface area contributed by atoms with Crippen LogP contribution >= 0.6 is 0 Å². The molecule has 1 aromatic rings. The zero-order valence-electron chi connectivity index (χ0n) is 9.81. The van der Waals surface area contributed by atoms with Gasteiger partial charge in [-0.1, -0.05) is 6.92 Å². The monoisotopic (exact) mass is 222 g/mol. The Hall–Kier alpha value is -1.36. The largest absolute Gasteiger partial charge is 0.334 e. The van der Waals surface area contributed by atoms with Crippen LogP contribution in [0.15, 0.2) is 12.3 Å². The fourth-order valence-electron chi connectivity index (χ4n) is 2.01. The van der Waals surface area contributed by atoms with E-state index in [1.165, 1.54) is 0 Å². The number of aryl methyl sites for hydroxylation is 1. The van der Waals surface area contributed by atoms with Gasteiger partial charge in [-0.2, -0.15) is 5.10 Å². The number of carbonyl (C=O) groups is 1. The summed E-state index contributed by atoms with van der Waals surface area (Å²) in [4.78, 5) is 13.9. The quantitative estimate of drug-likeness (QED) is 0.791. The second kappa shape index (κ2) is 4.65. The van der Waals surface area contributed by atoms with E-state index in [0.717, 1.165) is 25.2 Å². The Kier molecular flexibility index (Phi) is 3.24. The fourth-order valence-corrected chi connectivity index (χ4v) is 2.01. The maximum Gasteiger partial charge on any atom is 0.240 e. The highest BCUT2D eigenvalue weighted by Gasteiger charge is 2.26. The van der Waals surface area contributed by atoms with Crippen molar-refractivity contribution in [3.05, 3.63) is 18.0 Å². The van der Waals surface area contributed by atoms with E-state index in [-0.39, 0.29) is 11.9 Å². The van der Waals surface area contributed by atoms with Crippen molar-refractivity contribution in [1.29, 1.82) is 0 Å². The summed E-state index contributed by atoms with van der Waals surface area (Å²) in [5.74, 6) is 0.194. The van der Waals surface area contributed by atoms with E-state index in [1.54, 1.807) is 4.68 Å². The molecular formula is C11H18N4O. The normalized spacial score (nSPS) is 21.5. The summed E-state index contributed by atoms with van der Waals surface area (Å²) >= 11 is 0. The molecule has 1 amide bonds. The lowest BCUT2D eigenvalue weighted by atomic mass is 10.1. The summed E-state index contributed by atoms with van der Waals surface area (Å²) in [6.07, 6.45) is 2.75. The van der Waals surface area contributed by atoms with Crippen LogP contribution in [0.5, 0.6) is 0 Å². The molecule has 0 spiro atoms. The lowest BCUT2D eigenvalue weighted by Crippen LogP contribution is -2.54. The molecule has 16 heavy (non-hydrogen) atoms. The van der Waals surface area contributed by atoms with E-state index in [1.807, 2.05) is 31.1 Å². The minimum absolute atomic E-state index is 0.0162. The van der Waals surface area contributed by atoms with E-state index in [9.17, 15) is 4.79 Å². The Labute approximate surface area is 95.4 Å². The Morgan fingerprint density at radius 1 is 1.62 bits per heavy atom. The van der Waals surface area contributed by atoms with Gasteiger partial charge >= 0.3 is 0 Å². The predicted molar refractivity (Wildman–Crippen MR) is 60.7 cm³/mol. The predicted octanol–water partition coefficient (Wildman–Crippen LogP) is 0.130. The van der Waals surface area contributed by atoms with Gasteiger partial charge in [-0.25, -0.2) is 0 Å². The Bertz CT molecular complexity index is 374. The molecule has 0 aromatic carbocycles. The van der Waals surface area contributed by atoms with Crippen molar-refractivity contribution in [2.24, 2.45) is 7.05 Å². The van der Waals surface area contributed by atoms with E-state index in [0.29, 0.717) is 6.54 Å². The molecule has 2 heterocycles. The summed E-state index contributed by atoms with van der Waals surface area (Å²) in [5, 5.41) is 7.52. The average Bonchev–Trinajstić information content (AvgIpc) is 2.67. The second-order valence-corrected chi connectivity index (χ2v) is 4.16. The lowest BCUT2D eigenvalue weighted by Gasteiger charge is -2.32. The Balaban J connectivity index is 2.01. The minimum Gasteiger partial charge on any atom is -0.334 e. The number of aromatic nitrogens is 2. The van der Waals surface area contributed by atoms with Gasteiger partial charge in [-0.05, 0) is 12.5 Å². The summed E-state index contributed by atoms with van der Waals surface area (Å²) < 4.78 is 1.76. The average molecular weight is 222 g/mol. The van der Waals surface area contributed by atoms with E-state index < -0.39 is 0 Å². The Morgan fingerprint density at radius 3 is 3.06 bits per heavy atom. The van der Waals surface area contributed by atoms with Crippen LogP contribution in [0.1, 0.15) is 19.0 Å². The van der Waals surface area contributed by atoms with Crippen LogP contribution in [-0.2, 0) is 18.4 Å². The Morgan fingerprint density at radius 2 is 2.44 bits per heavy atom. The van der Waals surface area contributed by atoms with Gasteiger partial charge in [0.05, 0.1) is 18.3 Å². The molecule has 1 aliphatic heterocycles. The number of nitrogens with one attached hydrogen (secondary N) is 1. The number of amides is 1. The van der Waals surface area contributed by atoms with Gasteiger partial charge < -0.3 is 10.2 Å². The molecule has 2 rings (SSSR count). The van der Waals surface area contributed by atoms with Crippen molar-refractivity contribution < 1.29 is 4.79 Å². The van der Waals surface area contributed by atoms with Crippen LogP contribution in [0.4, 0.5) is 0 Å². The van der Waals surface area contributed by atoms with Crippen molar-refractivity contribution in [2.45, 2.75) is 25.9 Å². The second-order valence-electron chi connectivity index (χ2n) is 4.16. The molecule has 0 radical (unpaired) electrons. The van der Waals surface area contributed by atoms with Gasteiger partial charge in [0.2, 0.25) is 5.91 Å². The maximum absolute atomic E-state index is 12.0. The molecule has 5 heteroatoms. The molecule has 1 aliphatic rings. The van der Waals surface area contributed by atoms with Gasteiger partial charge in [0.15, 0.2) is 0 Å². The number of hydrogen-bond acceptors (Lipinski definition) is 3. The third-order valence-corrected chi connectivity index (χ3v) is 2.91. The first kappa shape index (κ1) is 11.1. The number of piperazine rings is 1. The molecule has 88 valence electrons. The van der Waals surface area contributed by atoms with Gasteiger partial charge in [-0.3, -0.25) is 9.48 Å². The van der Waals surface area contributed by atoms with Crippen LogP contribution in [0.25, 0.3) is 0 Å². The molecule has 1 saturated heterocycles. The van der Waals surface area contributed by atoms with Gasteiger partial charge in [0.25, 0.3) is 0 Å². The topological polar surface area (TPSA) is 50.2 Å². The highest BCUT2D eigenvalue weighted by molar-refractivity contribution is 5.82. The molecule has 0 saturated carbocycles. The van der Waals surface area contributed by atoms with Crippen molar-refractivity contribution >= 4 is 5.91 Å². The number of hydrogen-bond donors (Lipinski definition) is 1. The van der Waals surface area contributed by atoms with Crippen LogP contribution in [0.3, 0.4) is 0 Å². The molecule has 1 N–H and O–H groups in total. The third kappa shape index (κ3) is 2.24. The highest BCUT2D eigenvalue weighted by atomic mass is 16.2. The first-order valence-electron chi connectivity index (χ1n) is 5.71. The van der Waals surface area contributed by atoms with E-state index >= 15 is 0 Å². The van der Waals surface area contributed by atoms with Gasteiger partial charge in [0, 0.05) is 26.3 Å². The van der Waals surface area contributed by atoms with Crippen LogP contribution in [-0.4, -0.2) is 39.7 Å². The molecule has 1 fully saturated rings. The van der Waals surface area contributed by atoms with Gasteiger partial charge in [0.1, 0.15) is 0 Å². The summed E-state index contributed by atoms with van der Waals surface area (Å²) in [6, 6.07) is 1.94. The van der Waals surface area contributed by atoms with Crippen LogP contribution < -0.4 is 5.32 Å². The summed E-state index contributed by atoms with van der Waals surface area (Å²) in [7, 11) is 1.89. The molecule has 0 bridgehead atoms. The van der Waals surface area contributed by atoms with Crippen LogP contribution in [0, 0.1) is 0 Å².